The SMILES string of the molecule is CC(C)NC(=O)NC(=O)COC(=O)[C@H]1CC=CCC1. The first-order valence-electron chi connectivity index (χ1n) is 6.41. The van der Waals surface area contributed by atoms with E-state index in [9.17, 15) is 14.4 Å². The van der Waals surface area contributed by atoms with Crippen molar-refractivity contribution in [1.82, 2.24) is 10.6 Å². The van der Waals surface area contributed by atoms with Gasteiger partial charge in [0.15, 0.2) is 6.61 Å². The molecule has 0 fully saturated rings. The average molecular weight is 268 g/mol. The lowest BCUT2D eigenvalue weighted by molar-refractivity contribution is -0.152. The second-order valence-corrected chi connectivity index (χ2v) is 4.77. The molecule has 6 heteroatoms. The van der Waals surface area contributed by atoms with E-state index in [-0.39, 0.29) is 17.9 Å². The van der Waals surface area contributed by atoms with E-state index in [0.29, 0.717) is 6.42 Å². The summed E-state index contributed by atoms with van der Waals surface area (Å²) in [5.74, 6) is -1.19. The van der Waals surface area contributed by atoms with Crippen molar-refractivity contribution in [2.75, 3.05) is 6.61 Å². The van der Waals surface area contributed by atoms with E-state index in [1.54, 1.807) is 13.8 Å². The van der Waals surface area contributed by atoms with Crippen molar-refractivity contribution in [2.24, 2.45) is 5.92 Å². The normalized spacial score (nSPS) is 17.9. The van der Waals surface area contributed by atoms with Crippen molar-refractivity contribution in [3.8, 4) is 0 Å². The molecule has 0 saturated heterocycles. The number of hydrogen-bond acceptors (Lipinski definition) is 4. The molecule has 6 nitrogen and oxygen atoms in total. The molecule has 1 aliphatic rings. The molecular formula is C13H20N2O4. The maximum atomic E-state index is 11.6. The van der Waals surface area contributed by atoms with Crippen molar-refractivity contribution in [3.63, 3.8) is 0 Å². The quantitative estimate of drug-likeness (QED) is 0.591. The largest absolute Gasteiger partial charge is 0.455 e. The summed E-state index contributed by atoms with van der Waals surface area (Å²) in [5, 5.41) is 4.59. The highest BCUT2D eigenvalue weighted by Crippen LogP contribution is 2.19. The lowest BCUT2D eigenvalue weighted by atomic mass is 9.95. The van der Waals surface area contributed by atoms with Crippen LogP contribution in [0.15, 0.2) is 12.2 Å². The van der Waals surface area contributed by atoms with Gasteiger partial charge in [-0.2, -0.15) is 0 Å². The molecule has 1 aliphatic carbocycles. The summed E-state index contributed by atoms with van der Waals surface area (Å²) in [6.45, 7) is 3.13. The van der Waals surface area contributed by atoms with Gasteiger partial charge < -0.3 is 10.1 Å². The lowest BCUT2D eigenvalue weighted by Gasteiger charge is -2.16. The van der Waals surface area contributed by atoms with Crippen LogP contribution in [0.2, 0.25) is 0 Å². The second kappa shape index (κ2) is 7.56. The predicted molar refractivity (Wildman–Crippen MR) is 69.3 cm³/mol. The molecule has 0 aromatic heterocycles. The van der Waals surface area contributed by atoms with Crippen LogP contribution in [-0.4, -0.2) is 30.6 Å². The van der Waals surface area contributed by atoms with Crippen LogP contribution in [-0.2, 0) is 14.3 Å². The smallest absolute Gasteiger partial charge is 0.321 e. The van der Waals surface area contributed by atoms with Gasteiger partial charge in [-0.3, -0.25) is 14.9 Å². The Kier molecular flexibility index (Phi) is 6.05. The van der Waals surface area contributed by atoms with Crippen LogP contribution in [0, 0.1) is 5.92 Å². The van der Waals surface area contributed by atoms with E-state index in [1.807, 2.05) is 12.2 Å². The van der Waals surface area contributed by atoms with Crippen LogP contribution in [0.3, 0.4) is 0 Å². The van der Waals surface area contributed by atoms with Crippen LogP contribution in [0.1, 0.15) is 33.1 Å². The summed E-state index contributed by atoms with van der Waals surface area (Å²) >= 11 is 0. The average Bonchev–Trinajstić information content (AvgIpc) is 2.36. The van der Waals surface area contributed by atoms with Crippen molar-refractivity contribution >= 4 is 17.9 Å². The zero-order chi connectivity index (χ0) is 14.3. The molecule has 0 unspecified atom stereocenters. The summed E-state index contributed by atoms with van der Waals surface area (Å²) in [7, 11) is 0. The first-order chi connectivity index (χ1) is 8.99. The van der Waals surface area contributed by atoms with E-state index in [4.69, 9.17) is 4.74 Å². The van der Waals surface area contributed by atoms with E-state index in [0.717, 1.165) is 12.8 Å². The fourth-order valence-electron chi connectivity index (χ4n) is 1.72. The fraction of sp³-hybridized carbons (Fsp3) is 0.615. The lowest BCUT2D eigenvalue weighted by Crippen LogP contribution is -2.44. The van der Waals surface area contributed by atoms with Gasteiger partial charge in [-0.25, -0.2) is 4.79 Å². The van der Waals surface area contributed by atoms with Gasteiger partial charge in [-0.05, 0) is 33.1 Å². The summed E-state index contributed by atoms with van der Waals surface area (Å²) in [5.41, 5.74) is 0. The Morgan fingerprint density at radius 2 is 2.05 bits per heavy atom. The zero-order valence-corrected chi connectivity index (χ0v) is 11.3. The van der Waals surface area contributed by atoms with Gasteiger partial charge in [0.25, 0.3) is 5.91 Å². The number of nitrogens with one attached hydrogen (secondary N) is 2. The van der Waals surface area contributed by atoms with Gasteiger partial charge in [0.05, 0.1) is 5.92 Å². The zero-order valence-electron chi connectivity index (χ0n) is 11.3. The van der Waals surface area contributed by atoms with Crippen molar-refractivity contribution < 1.29 is 19.1 Å². The van der Waals surface area contributed by atoms with Crippen molar-refractivity contribution in [1.29, 1.82) is 0 Å². The first kappa shape index (κ1) is 15.2. The molecule has 0 aromatic rings. The third-order valence-corrected chi connectivity index (χ3v) is 2.62. The van der Waals surface area contributed by atoms with Crippen molar-refractivity contribution in [2.45, 2.75) is 39.2 Å². The molecule has 1 rings (SSSR count). The van der Waals surface area contributed by atoms with Gasteiger partial charge in [0.1, 0.15) is 0 Å². The Balaban J connectivity index is 2.24. The number of hydrogen-bond donors (Lipinski definition) is 2. The van der Waals surface area contributed by atoms with E-state index in [1.165, 1.54) is 0 Å². The van der Waals surface area contributed by atoms with E-state index >= 15 is 0 Å². The molecular weight excluding hydrogens is 248 g/mol. The standard InChI is InChI=1S/C13H20N2O4/c1-9(2)14-13(18)15-11(16)8-19-12(17)10-6-4-3-5-7-10/h3-4,9-10H,5-8H2,1-2H3,(H2,14,15,16,18)/t10-/m0/s1. The molecule has 0 spiro atoms. The number of carbonyl (C=O) groups excluding carboxylic acids is 3. The highest BCUT2D eigenvalue weighted by molar-refractivity contribution is 5.95. The number of ether oxygens (including phenoxy) is 1. The molecule has 0 aromatic carbocycles. The molecule has 0 heterocycles. The minimum absolute atomic E-state index is 0.0654. The highest BCUT2D eigenvalue weighted by Gasteiger charge is 2.21. The maximum absolute atomic E-state index is 11.6. The Morgan fingerprint density at radius 1 is 1.32 bits per heavy atom. The molecule has 106 valence electrons. The van der Waals surface area contributed by atoms with Gasteiger partial charge in [0, 0.05) is 6.04 Å². The minimum Gasteiger partial charge on any atom is -0.455 e. The van der Waals surface area contributed by atoms with Gasteiger partial charge in [0.2, 0.25) is 0 Å². The summed E-state index contributed by atoms with van der Waals surface area (Å²) in [4.78, 5) is 34.2. The fourth-order valence-corrected chi connectivity index (χ4v) is 1.72. The molecule has 0 radical (unpaired) electrons. The van der Waals surface area contributed by atoms with Crippen molar-refractivity contribution in [3.05, 3.63) is 12.2 Å². The number of esters is 1. The molecule has 0 bridgehead atoms. The Morgan fingerprint density at radius 3 is 2.63 bits per heavy atom. The Bertz CT molecular complexity index is 377. The molecule has 2 N–H and O–H groups in total. The van der Waals surface area contributed by atoms with Gasteiger partial charge >= 0.3 is 12.0 Å². The van der Waals surface area contributed by atoms with Crippen LogP contribution in [0.5, 0.6) is 0 Å². The number of allylic oxidation sites excluding steroid dienone is 2. The monoisotopic (exact) mass is 268 g/mol. The molecule has 0 saturated carbocycles. The Hall–Kier alpha value is -1.85. The third kappa shape index (κ3) is 6.03. The minimum atomic E-state index is -0.627. The Labute approximate surface area is 112 Å². The van der Waals surface area contributed by atoms with Gasteiger partial charge in [-0.15, -0.1) is 0 Å². The van der Waals surface area contributed by atoms with Gasteiger partial charge in [-0.1, -0.05) is 12.2 Å². The number of rotatable bonds is 4. The summed E-state index contributed by atoms with van der Waals surface area (Å²) < 4.78 is 4.88. The number of imide groups is 1. The molecule has 3 amide bonds. The maximum Gasteiger partial charge on any atom is 0.321 e. The number of urea groups is 1. The number of carbonyl (C=O) groups is 3. The van der Waals surface area contributed by atoms with E-state index < -0.39 is 18.5 Å². The van der Waals surface area contributed by atoms with Crippen LogP contribution >= 0.6 is 0 Å². The highest BCUT2D eigenvalue weighted by atomic mass is 16.5. The molecule has 0 aliphatic heterocycles. The van der Waals surface area contributed by atoms with Crippen LogP contribution in [0.4, 0.5) is 4.79 Å². The summed E-state index contributed by atoms with van der Waals surface area (Å²) in [6.07, 6.45) is 6.19. The topological polar surface area (TPSA) is 84.5 Å². The van der Waals surface area contributed by atoms with Crippen LogP contribution < -0.4 is 10.6 Å². The molecule has 1 atom stereocenters. The second-order valence-electron chi connectivity index (χ2n) is 4.77. The predicted octanol–water partition coefficient (Wildman–Crippen LogP) is 1.12. The first-order valence-corrected chi connectivity index (χ1v) is 6.41. The summed E-state index contributed by atoms with van der Waals surface area (Å²) in [6, 6.07) is -0.652. The third-order valence-electron chi connectivity index (χ3n) is 2.62. The molecule has 19 heavy (non-hydrogen) atoms. The number of amides is 3. The van der Waals surface area contributed by atoms with E-state index in [2.05, 4.69) is 10.6 Å². The van der Waals surface area contributed by atoms with Crippen LogP contribution in [0.25, 0.3) is 0 Å².